The molecule has 4 heteroatoms. The fourth-order valence-electron chi connectivity index (χ4n) is 3.61. The molecule has 3 aromatic rings. The highest BCUT2D eigenvalue weighted by atomic mass is 16.5. The molecule has 0 radical (unpaired) electrons. The molecule has 0 saturated heterocycles. The van der Waals surface area contributed by atoms with Gasteiger partial charge in [0.25, 0.3) is 0 Å². The maximum atomic E-state index is 12.7. The van der Waals surface area contributed by atoms with E-state index >= 15 is 0 Å². The lowest BCUT2D eigenvalue weighted by atomic mass is 9.99. The van der Waals surface area contributed by atoms with Gasteiger partial charge in [0.2, 0.25) is 5.91 Å². The second kappa shape index (κ2) is 8.89. The van der Waals surface area contributed by atoms with Gasteiger partial charge >= 0.3 is 0 Å². The highest BCUT2D eigenvalue weighted by Gasteiger charge is 2.19. The Balaban J connectivity index is 1.67. The van der Waals surface area contributed by atoms with E-state index in [9.17, 15) is 4.79 Å². The minimum absolute atomic E-state index is 0.00434. The highest BCUT2D eigenvalue weighted by molar-refractivity contribution is 5.87. The van der Waals surface area contributed by atoms with Gasteiger partial charge in [0.15, 0.2) is 0 Å². The third kappa shape index (κ3) is 4.34. The van der Waals surface area contributed by atoms with Crippen molar-refractivity contribution in [2.75, 3.05) is 20.7 Å². The van der Waals surface area contributed by atoms with Crippen molar-refractivity contribution in [3.8, 4) is 5.75 Å². The molecule has 2 atom stereocenters. The first-order chi connectivity index (χ1) is 13.5. The van der Waals surface area contributed by atoms with E-state index < -0.39 is 0 Å². The summed E-state index contributed by atoms with van der Waals surface area (Å²) in [5, 5.41) is 5.50. The maximum absolute atomic E-state index is 12.7. The summed E-state index contributed by atoms with van der Waals surface area (Å²) in [6.07, 6.45) is 0. The van der Waals surface area contributed by atoms with Crippen LogP contribution in [0.15, 0.2) is 66.7 Å². The fourth-order valence-corrected chi connectivity index (χ4v) is 3.61. The zero-order chi connectivity index (χ0) is 20.1. The van der Waals surface area contributed by atoms with Gasteiger partial charge in [-0.05, 0) is 43.3 Å². The zero-order valence-electron chi connectivity index (χ0n) is 17.0. The molecular weight excluding hydrogens is 348 g/mol. The summed E-state index contributed by atoms with van der Waals surface area (Å²) in [7, 11) is 3.63. The molecule has 0 aliphatic carbocycles. The van der Waals surface area contributed by atoms with Crippen LogP contribution >= 0.6 is 0 Å². The lowest BCUT2D eigenvalue weighted by Gasteiger charge is -2.26. The van der Waals surface area contributed by atoms with Crippen LogP contribution in [0.3, 0.4) is 0 Å². The summed E-state index contributed by atoms with van der Waals surface area (Å²) in [6, 6.07) is 22.4. The van der Waals surface area contributed by atoms with Crippen LogP contribution in [0, 0.1) is 0 Å². The summed E-state index contributed by atoms with van der Waals surface area (Å²) in [4.78, 5) is 14.7. The number of fused-ring (bicyclic) bond motifs is 1. The summed E-state index contributed by atoms with van der Waals surface area (Å²) < 4.78 is 5.46. The van der Waals surface area contributed by atoms with Crippen molar-refractivity contribution in [3.63, 3.8) is 0 Å². The average Bonchev–Trinajstić information content (AvgIpc) is 2.72. The first-order valence-electron chi connectivity index (χ1n) is 9.61. The summed E-state index contributed by atoms with van der Waals surface area (Å²) >= 11 is 0. The molecule has 0 fully saturated rings. The van der Waals surface area contributed by atoms with E-state index in [1.54, 1.807) is 7.11 Å². The monoisotopic (exact) mass is 376 g/mol. The number of rotatable bonds is 7. The van der Waals surface area contributed by atoms with Crippen molar-refractivity contribution < 1.29 is 9.53 Å². The van der Waals surface area contributed by atoms with E-state index in [2.05, 4.69) is 36.5 Å². The van der Waals surface area contributed by atoms with E-state index in [1.807, 2.05) is 61.3 Å². The number of hydrogen-bond acceptors (Lipinski definition) is 3. The van der Waals surface area contributed by atoms with Crippen LogP contribution in [0.25, 0.3) is 10.8 Å². The first kappa shape index (κ1) is 19.9. The Kier molecular flexibility index (Phi) is 6.32. The Morgan fingerprint density at radius 3 is 2.39 bits per heavy atom. The lowest BCUT2D eigenvalue weighted by molar-refractivity contribution is -0.123. The number of nitrogens with zero attached hydrogens (tertiary/aromatic N) is 1. The van der Waals surface area contributed by atoms with Crippen LogP contribution in [-0.2, 0) is 4.79 Å². The van der Waals surface area contributed by atoms with Gasteiger partial charge in [0.1, 0.15) is 5.75 Å². The number of nitrogens with one attached hydrogen (secondary N) is 1. The minimum atomic E-state index is -0.0615. The number of amides is 1. The number of carbonyl (C=O) groups is 1. The number of carbonyl (C=O) groups excluding carboxylic acids is 1. The van der Waals surface area contributed by atoms with Crippen LogP contribution in [-0.4, -0.2) is 31.5 Å². The zero-order valence-corrected chi connectivity index (χ0v) is 17.0. The summed E-state index contributed by atoms with van der Waals surface area (Å²) in [5.74, 6) is 0.844. The van der Waals surface area contributed by atoms with Gasteiger partial charge < -0.3 is 10.1 Å². The lowest BCUT2D eigenvalue weighted by Crippen LogP contribution is -2.37. The topological polar surface area (TPSA) is 41.6 Å². The molecule has 1 N–H and O–H groups in total. The second-order valence-electron chi connectivity index (χ2n) is 7.19. The molecule has 0 aromatic heterocycles. The molecule has 4 nitrogen and oxygen atoms in total. The number of para-hydroxylation sites is 1. The highest BCUT2D eigenvalue weighted by Crippen LogP contribution is 2.28. The van der Waals surface area contributed by atoms with Crippen molar-refractivity contribution >= 4 is 16.7 Å². The molecule has 3 rings (SSSR count). The number of ether oxygens (including phenoxy) is 1. The SMILES string of the molecule is COc1ccccc1C(C)N(C)CC(=O)NC(C)c1cccc2ccccc12. The third-order valence-corrected chi connectivity index (χ3v) is 5.31. The maximum Gasteiger partial charge on any atom is 0.234 e. The molecule has 0 heterocycles. The van der Waals surface area contributed by atoms with Gasteiger partial charge in [-0.3, -0.25) is 9.69 Å². The number of benzene rings is 3. The van der Waals surface area contributed by atoms with Crippen molar-refractivity contribution in [2.45, 2.75) is 25.9 Å². The quantitative estimate of drug-likeness (QED) is 0.649. The average molecular weight is 377 g/mol. The predicted octanol–water partition coefficient (Wildman–Crippen LogP) is 4.72. The molecule has 3 aromatic carbocycles. The third-order valence-electron chi connectivity index (χ3n) is 5.31. The van der Waals surface area contributed by atoms with Gasteiger partial charge in [-0.15, -0.1) is 0 Å². The first-order valence-corrected chi connectivity index (χ1v) is 9.61. The van der Waals surface area contributed by atoms with E-state index in [1.165, 1.54) is 10.8 Å². The van der Waals surface area contributed by atoms with E-state index in [4.69, 9.17) is 4.74 Å². The standard InChI is InChI=1S/C24H28N2O2/c1-17(20-14-9-11-19-10-5-6-13-22(19)20)25-24(27)16-26(3)18(2)21-12-7-8-15-23(21)28-4/h5-15,17-18H,16H2,1-4H3,(H,25,27). The number of likely N-dealkylation sites (N-methyl/N-ethyl adjacent to an activating group) is 1. The smallest absolute Gasteiger partial charge is 0.234 e. The second-order valence-corrected chi connectivity index (χ2v) is 7.19. The van der Waals surface area contributed by atoms with Crippen LogP contribution in [0.1, 0.15) is 37.1 Å². The van der Waals surface area contributed by atoms with Crippen LogP contribution in [0.2, 0.25) is 0 Å². The molecule has 2 unspecified atom stereocenters. The van der Waals surface area contributed by atoms with Crippen molar-refractivity contribution in [1.82, 2.24) is 10.2 Å². The molecule has 0 saturated carbocycles. The molecule has 0 spiro atoms. The van der Waals surface area contributed by atoms with Gasteiger partial charge in [-0.25, -0.2) is 0 Å². The molecule has 0 bridgehead atoms. The van der Waals surface area contributed by atoms with E-state index in [0.29, 0.717) is 6.54 Å². The number of hydrogen-bond donors (Lipinski definition) is 1. The van der Waals surface area contributed by atoms with Crippen LogP contribution < -0.4 is 10.1 Å². The Morgan fingerprint density at radius 2 is 1.61 bits per heavy atom. The largest absolute Gasteiger partial charge is 0.496 e. The normalized spacial score (nSPS) is 13.3. The number of methoxy groups -OCH3 is 1. The Hall–Kier alpha value is -2.85. The summed E-state index contributed by atoms with van der Waals surface area (Å²) in [5.41, 5.74) is 2.20. The van der Waals surface area contributed by atoms with Crippen molar-refractivity contribution in [1.29, 1.82) is 0 Å². The van der Waals surface area contributed by atoms with E-state index in [-0.39, 0.29) is 18.0 Å². The van der Waals surface area contributed by atoms with Gasteiger partial charge in [0, 0.05) is 11.6 Å². The van der Waals surface area contributed by atoms with Gasteiger partial charge in [-0.1, -0.05) is 60.7 Å². The fraction of sp³-hybridized carbons (Fsp3) is 0.292. The predicted molar refractivity (Wildman–Crippen MR) is 115 cm³/mol. The Bertz CT molecular complexity index is 949. The van der Waals surface area contributed by atoms with Crippen LogP contribution in [0.4, 0.5) is 0 Å². The van der Waals surface area contributed by atoms with Crippen molar-refractivity contribution in [3.05, 3.63) is 77.9 Å². The van der Waals surface area contributed by atoms with Gasteiger partial charge in [-0.2, -0.15) is 0 Å². The molecule has 0 aliphatic rings. The van der Waals surface area contributed by atoms with Crippen LogP contribution in [0.5, 0.6) is 5.75 Å². The minimum Gasteiger partial charge on any atom is -0.496 e. The molecular formula is C24H28N2O2. The van der Waals surface area contributed by atoms with Crippen molar-refractivity contribution in [2.24, 2.45) is 0 Å². The van der Waals surface area contributed by atoms with E-state index in [0.717, 1.165) is 16.9 Å². The molecule has 0 aliphatic heterocycles. The Morgan fingerprint density at radius 1 is 0.964 bits per heavy atom. The molecule has 146 valence electrons. The molecule has 1 amide bonds. The van der Waals surface area contributed by atoms with Gasteiger partial charge in [0.05, 0.1) is 19.7 Å². The summed E-state index contributed by atoms with van der Waals surface area (Å²) in [6.45, 7) is 4.43. The molecule has 28 heavy (non-hydrogen) atoms. The Labute approximate surface area is 167 Å².